The maximum atomic E-state index is 13.4. The van der Waals surface area contributed by atoms with E-state index in [2.05, 4.69) is 10.4 Å². The molecule has 0 spiro atoms. The smallest absolute Gasteiger partial charge is 0.292 e. The van der Waals surface area contributed by atoms with Crippen LogP contribution in [0.4, 0.5) is 10.2 Å². The number of halogens is 2. The van der Waals surface area contributed by atoms with Crippen LogP contribution in [0.5, 0.6) is 5.75 Å². The number of para-hydroxylation sites is 1. The fraction of sp³-hybridized carbons (Fsp3) is 0.167. The molecule has 2 aromatic carbocycles. The van der Waals surface area contributed by atoms with Crippen molar-refractivity contribution in [1.29, 1.82) is 0 Å². The molecule has 164 valence electrons. The predicted molar refractivity (Wildman–Crippen MR) is 120 cm³/mol. The minimum absolute atomic E-state index is 0.112. The molecule has 2 aromatic heterocycles. The van der Waals surface area contributed by atoms with E-state index in [9.17, 15) is 9.18 Å². The third kappa shape index (κ3) is 5.00. The van der Waals surface area contributed by atoms with E-state index in [0.717, 1.165) is 22.4 Å². The Kier molecular flexibility index (Phi) is 6.28. The number of furan rings is 1. The summed E-state index contributed by atoms with van der Waals surface area (Å²) < 4.78 is 26.4. The summed E-state index contributed by atoms with van der Waals surface area (Å²) in [7, 11) is 0. The van der Waals surface area contributed by atoms with E-state index in [1.165, 1.54) is 16.8 Å². The second-order valence-corrected chi connectivity index (χ2v) is 7.79. The number of nitrogens with zero attached hydrogens (tertiary/aromatic N) is 2. The normalized spacial score (nSPS) is 10.9. The van der Waals surface area contributed by atoms with E-state index >= 15 is 0 Å². The molecule has 0 saturated heterocycles. The van der Waals surface area contributed by atoms with Gasteiger partial charge in [-0.2, -0.15) is 5.10 Å². The Morgan fingerprint density at radius 1 is 1.16 bits per heavy atom. The predicted octanol–water partition coefficient (Wildman–Crippen LogP) is 5.77. The quantitative estimate of drug-likeness (QED) is 0.386. The van der Waals surface area contributed by atoms with E-state index in [0.29, 0.717) is 12.3 Å². The summed E-state index contributed by atoms with van der Waals surface area (Å²) in [6.45, 7) is 4.46. The summed E-state index contributed by atoms with van der Waals surface area (Å²) in [5.74, 6) is 0.801. The van der Waals surface area contributed by atoms with Gasteiger partial charge in [0.1, 0.15) is 29.0 Å². The molecule has 6 nitrogen and oxygen atoms in total. The largest absolute Gasteiger partial charge is 0.485 e. The molecule has 1 N–H and O–H groups in total. The van der Waals surface area contributed by atoms with Crippen molar-refractivity contribution in [2.24, 2.45) is 0 Å². The Morgan fingerprint density at radius 2 is 1.91 bits per heavy atom. The second-order valence-electron chi connectivity index (χ2n) is 7.38. The standard InChI is InChI=1S/C24H21ClFN3O3/c1-15-5-3-6-16(2)22(15)31-14-19-9-10-21(32-19)24(30)27-23-20(25)13-29(28-23)12-17-7-4-8-18(26)11-17/h3-11,13H,12,14H2,1-2H3,(H,27,28,30). The molecule has 4 aromatic rings. The Morgan fingerprint density at radius 3 is 2.66 bits per heavy atom. The van der Waals surface area contributed by atoms with Crippen LogP contribution in [0.3, 0.4) is 0 Å². The highest BCUT2D eigenvalue weighted by Gasteiger charge is 2.16. The number of aryl methyl sites for hydroxylation is 2. The summed E-state index contributed by atoms with van der Waals surface area (Å²) in [5, 5.41) is 7.17. The Hall–Kier alpha value is -3.58. The number of anilines is 1. The number of carbonyl (C=O) groups excluding carboxylic acids is 1. The maximum Gasteiger partial charge on any atom is 0.292 e. The molecule has 0 aliphatic rings. The van der Waals surface area contributed by atoms with Gasteiger partial charge in [-0.3, -0.25) is 9.48 Å². The van der Waals surface area contributed by atoms with Crippen LogP contribution < -0.4 is 10.1 Å². The number of rotatable bonds is 7. The van der Waals surface area contributed by atoms with Gasteiger partial charge in [-0.15, -0.1) is 0 Å². The molecule has 0 atom stereocenters. The first-order valence-corrected chi connectivity index (χ1v) is 10.3. The zero-order chi connectivity index (χ0) is 22.7. The first kappa shape index (κ1) is 21.6. The van der Waals surface area contributed by atoms with Crippen LogP contribution in [-0.4, -0.2) is 15.7 Å². The van der Waals surface area contributed by atoms with Gasteiger partial charge in [0, 0.05) is 6.20 Å². The van der Waals surface area contributed by atoms with Gasteiger partial charge in [-0.1, -0.05) is 41.9 Å². The highest BCUT2D eigenvalue weighted by atomic mass is 35.5. The number of benzene rings is 2. The van der Waals surface area contributed by atoms with Gasteiger partial charge in [0.25, 0.3) is 5.91 Å². The van der Waals surface area contributed by atoms with Crippen molar-refractivity contribution in [3.8, 4) is 5.75 Å². The Balaban J connectivity index is 1.39. The minimum atomic E-state index is -0.485. The highest BCUT2D eigenvalue weighted by molar-refractivity contribution is 6.33. The Labute approximate surface area is 189 Å². The van der Waals surface area contributed by atoms with Crippen molar-refractivity contribution in [1.82, 2.24) is 9.78 Å². The number of nitrogens with one attached hydrogen (secondary N) is 1. The lowest BCUT2D eigenvalue weighted by Gasteiger charge is -2.10. The number of aromatic nitrogens is 2. The van der Waals surface area contributed by atoms with Crippen LogP contribution in [0.25, 0.3) is 0 Å². The van der Waals surface area contributed by atoms with Crippen LogP contribution in [0.2, 0.25) is 5.02 Å². The zero-order valence-electron chi connectivity index (χ0n) is 17.6. The van der Waals surface area contributed by atoms with Crippen molar-refractivity contribution in [3.63, 3.8) is 0 Å². The first-order valence-electron chi connectivity index (χ1n) is 9.95. The lowest BCUT2D eigenvalue weighted by atomic mass is 10.1. The molecule has 0 fully saturated rings. The van der Waals surface area contributed by atoms with Crippen molar-refractivity contribution < 1.29 is 18.3 Å². The summed E-state index contributed by atoms with van der Waals surface area (Å²) >= 11 is 6.20. The van der Waals surface area contributed by atoms with Gasteiger partial charge in [0.2, 0.25) is 0 Å². The molecule has 0 bridgehead atoms. The fourth-order valence-electron chi connectivity index (χ4n) is 3.30. The third-order valence-electron chi connectivity index (χ3n) is 4.84. The molecule has 0 aliphatic heterocycles. The summed E-state index contributed by atoms with van der Waals surface area (Å²) in [4.78, 5) is 12.6. The number of carbonyl (C=O) groups is 1. The van der Waals surface area contributed by atoms with E-state index in [1.807, 2.05) is 32.0 Å². The molecular weight excluding hydrogens is 433 g/mol. The SMILES string of the molecule is Cc1cccc(C)c1OCc1ccc(C(=O)Nc2nn(Cc3cccc(F)c3)cc2Cl)o1. The van der Waals surface area contributed by atoms with Gasteiger partial charge < -0.3 is 14.5 Å². The molecular formula is C24H21ClFN3O3. The maximum absolute atomic E-state index is 13.4. The molecule has 0 aliphatic carbocycles. The average Bonchev–Trinajstić information content (AvgIpc) is 3.34. The van der Waals surface area contributed by atoms with Crippen LogP contribution in [0.15, 0.2) is 65.2 Å². The molecule has 0 unspecified atom stereocenters. The van der Waals surface area contributed by atoms with E-state index in [-0.39, 0.29) is 29.0 Å². The van der Waals surface area contributed by atoms with Crippen molar-refractivity contribution >= 4 is 23.3 Å². The second kappa shape index (κ2) is 9.28. The zero-order valence-corrected chi connectivity index (χ0v) is 18.3. The number of ether oxygens (including phenoxy) is 1. The lowest BCUT2D eigenvalue weighted by molar-refractivity contribution is 0.0992. The monoisotopic (exact) mass is 453 g/mol. The van der Waals surface area contributed by atoms with Gasteiger partial charge >= 0.3 is 0 Å². The number of hydrogen-bond donors (Lipinski definition) is 1. The molecule has 4 rings (SSSR count). The van der Waals surface area contributed by atoms with Gasteiger partial charge in [0.15, 0.2) is 11.6 Å². The number of hydrogen-bond acceptors (Lipinski definition) is 4. The summed E-state index contributed by atoms with van der Waals surface area (Å²) in [6, 6.07) is 15.4. The van der Waals surface area contributed by atoms with Crippen molar-refractivity contribution in [2.45, 2.75) is 27.0 Å². The van der Waals surface area contributed by atoms with E-state index in [1.54, 1.807) is 30.5 Å². The van der Waals surface area contributed by atoms with Crippen molar-refractivity contribution in [3.05, 3.63) is 99.8 Å². The Bertz CT molecular complexity index is 1240. The molecule has 32 heavy (non-hydrogen) atoms. The van der Waals surface area contributed by atoms with Crippen LogP contribution in [0, 0.1) is 19.7 Å². The van der Waals surface area contributed by atoms with Gasteiger partial charge in [0.05, 0.1) is 6.54 Å². The third-order valence-corrected chi connectivity index (χ3v) is 5.11. The molecule has 0 radical (unpaired) electrons. The summed E-state index contributed by atoms with van der Waals surface area (Å²) in [6.07, 6.45) is 1.56. The summed E-state index contributed by atoms with van der Waals surface area (Å²) in [5.41, 5.74) is 2.78. The van der Waals surface area contributed by atoms with Crippen LogP contribution in [0.1, 0.15) is 33.0 Å². The molecule has 1 amide bonds. The van der Waals surface area contributed by atoms with Crippen molar-refractivity contribution in [2.75, 3.05) is 5.32 Å². The minimum Gasteiger partial charge on any atom is -0.485 e. The van der Waals surface area contributed by atoms with Gasteiger partial charge in [-0.25, -0.2) is 4.39 Å². The van der Waals surface area contributed by atoms with Crippen LogP contribution >= 0.6 is 11.6 Å². The fourth-order valence-corrected chi connectivity index (χ4v) is 3.50. The highest BCUT2D eigenvalue weighted by Crippen LogP contribution is 2.24. The lowest BCUT2D eigenvalue weighted by Crippen LogP contribution is -2.12. The average molecular weight is 454 g/mol. The topological polar surface area (TPSA) is 69.3 Å². The molecule has 8 heteroatoms. The van der Waals surface area contributed by atoms with Gasteiger partial charge in [-0.05, 0) is 54.8 Å². The first-order chi connectivity index (χ1) is 15.4. The number of amides is 1. The van der Waals surface area contributed by atoms with Crippen LogP contribution in [-0.2, 0) is 13.2 Å². The molecule has 0 saturated carbocycles. The van der Waals surface area contributed by atoms with E-state index in [4.69, 9.17) is 20.8 Å². The molecule has 2 heterocycles. The van der Waals surface area contributed by atoms with E-state index < -0.39 is 5.91 Å².